The molecule has 0 radical (unpaired) electrons. The number of aromatic nitrogens is 2. The van der Waals surface area contributed by atoms with E-state index in [0.717, 1.165) is 43.4 Å². The highest BCUT2D eigenvalue weighted by atomic mass is 19.1. The highest BCUT2D eigenvalue weighted by molar-refractivity contribution is 5.92. The summed E-state index contributed by atoms with van der Waals surface area (Å²) in [6.45, 7) is 2.84. The van der Waals surface area contributed by atoms with E-state index in [-0.39, 0.29) is 25.0 Å². The van der Waals surface area contributed by atoms with Crippen molar-refractivity contribution in [1.29, 1.82) is 0 Å². The normalized spacial score (nSPS) is 17.4. The number of benzene rings is 2. The summed E-state index contributed by atoms with van der Waals surface area (Å²) in [5.41, 5.74) is 7.44. The molecule has 11 nitrogen and oxygen atoms in total. The Balaban J connectivity index is 1.31. The zero-order valence-electron chi connectivity index (χ0n) is 22.4. The number of hydrogen-bond acceptors (Lipinski definition) is 10. The van der Waals surface area contributed by atoms with Gasteiger partial charge in [-0.05, 0) is 50.1 Å². The van der Waals surface area contributed by atoms with Crippen LogP contribution < -0.4 is 25.5 Å². The Kier molecular flexibility index (Phi) is 8.46. The summed E-state index contributed by atoms with van der Waals surface area (Å²) in [7, 11) is 1.58. The minimum atomic E-state index is -0.516. The van der Waals surface area contributed by atoms with Crippen LogP contribution in [0.2, 0.25) is 0 Å². The summed E-state index contributed by atoms with van der Waals surface area (Å²) in [6, 6.07) is 10.0. The molecule has 0 aliphatic carbocycles. The van der Waals surface area contributed by atoms with E-state index in [1.165, 1.54) is 18.5 Å². The van der Waals surface area contributed by atoms with Crippen LogP contribution in [0.15, 0.2) is 54.6 Å². The molecular weight excluding hydrogens is 517 g/mol. The van der Waals surface area contributed by atoms with Crippen LogP contribution in [0, 0.1) is 5.82 Å². The molecule has 2 aromatic carbocycles. The number of aliphatic hydroxyl groups is 1. The first kappa shape index (κ1) is 27.4. The van der Waals surface area contributed by atoms with E-state index in [4.69, 9.17) is 15.2 Å². The Morgan fingerprint density at radius 2 is 2.12 bits per heavy atom. The Morgan fingerprint density at radius 1 is 1.25 bits per heavy atom. The van der Waals surface area contributed by atoms with E-state index < -0.39 is 5.91 Å². The molecule has 0 spiro atoms. The zero-order valence-corrected chi connectivity index (χ0v) is 22.4. The molecule has 3 heterocycles. The van der Waals surface area contributed by atoms with Crippen molar-refractivity contribution in [2.45, 2.75) is 25.3 Å². The van der Waals surface area contributed by atoms with Gasteiger partial charge in [0.2, 0.25) is 5.91 Å². The fourth-order valence-electron chi connectivity index (χ4n) is 5.22. The van der Waals surface area contributed by atoms with Gasteiger partial charge in [-0.2, -0.15) is 0 Å². The first-order valence-electron chi connectivity index (χ1n) is 13.3. The summed E-state index contributed by atoms with van der Waals surface area (Å²) < 4.78 is 25.6. The van der Waals surface area contributed by atoms with Gasteiger partial charge in [-0.1, -0.05) is 6.07 Å². The Hall–Kier alpha value is -4.16. The molecule has 1 fully saturated rings. The van der Waals surface area contributed by atoms with Gasteiger partial charge in [0.1, 0.15) is 24.5 Å². The van der Waals surface area contributed by atoms with E-state index in [2.05, 4.69) is 20.2 Å². The monoisotopic (exact) mass is 551 g/mol. The van der Waals surface area contributed by atoms with Gasteiger partial charge in [-0.15, -0.1) is 0 Å². The third-order valence-electron chi connectivity index (χ3n) is 7.12. The van der Waals surface area contributed by atoms with Crippen LogP contribution in [0.5, 0.6) is 11.5 Å². The molecule has 1 atom stereocenters. The fourth-order valence-corrected chi connectivity index (χ4v) is 5.22. The van der Waals surface area contributed by atoms with Crippen molar-refractivity contribution in [2.75, 3.05) is 56.8 Å². The highest BCUT2D eigenvalue weighted by Crippen LogP contribution is 2.35. The van der Waals surface area contributed by atoms with Crippen molar-refractivity contribution >= 4 is 28.3 Å². The molecule has 0 bridgehead atoms. The minimum Gasteiger partial charge on any atom is -0.493 e. The van der Waals surface area contributed by atoms with Crippen molar-refractivity contribution in [3.63, 3.8) is 0 Å². The summed E-state index contributed by atoms with van der Waals surface area (Å²) in [5.74, 6) is 0.791. The second kappa shape index (κ2) is 12.3. The molecule has 40 heavy (non-hydrogen) atoms. The number of aliphatic hydroxyl groups excluding tert-OH is 1. The number of likely N-dealkylation sites (tertiary alicyclic amines) is 1. The third kappa shape index (κ3) is 6.18. The van der Waals surface area contributed by atoms with Gasteiger partial charge in [0.25, 0.3) is 0 Å². The highest BCUT2D eigenvalue weighted by Gasteiger charge is 2.26. The van der Waals surface area contributed by atoms with E-state index in [0.29, 0.717) is 41.7 Å². The van der Waals surface area contributed by atoms with Gasteiger partial charge in [-0.25, -0.2) is 14.4 Å². The molecule has 0 unspecified atom stereocenters. The van der Waals surface area contributed by atoms with E-state index in [9.17, 15) is 14.3 Å². The quantitative estimate of drug-likeness (QED) is 0.289. The molecular formula is C28H34FN7O4. The lowest BCUT2D eigenvalue weighted by atomic mass is 10.2. The van der Waals surface area contributed by atoms with Gasteiger partial charge in [-0.3, -0.25) is 19.7 Å². The standard InChI is InChI=1S/C28H34FN7O4/c1-39-25-12-23-24(13-26(25)40-10-4-9-34-8-3-7-22(34)17-37)31-18-32-28(23)33-20-14-35(16-27(30)38)36(15-20)21-6-2-5-19(29)11-21/h2,5-6,11-14,18,22,37H,3-4,7-10,15-17H2,1H3,(H2,30,38)(H,31,32,33)/t22-/m1/s1. The molecule has 212 valence electrons. The predicted octanol–water partition coefficient (Wildman–Crippen LogP) is 2.48. The first-order valence-corrected chi connectivity index (χ1v) is 13.3. The van der Waals surface area contributed by atoms with Gasteiger partial charge >= 0.3 is 0 Å². The predicted molar refractivity (Wildman–Crippen MR) is 149 cm³/mol. The maximum Gasteiger partial charge on any atom is 0.239 e. The second-order valence-electron chi connectivity index (χ2n) is 9.84. The van der Waals surface area contributed by atoms with Crippen LogP contribution in [0.3, 0.4) is 0 Å². The summed E-state index contributed by atoms with van der Waals surface area (Å²) in [5, 5.41) is 17.0. The van der Waals surface area contributed by atoms with Crippen molar-refractivity contribution in [2.24, 2.45) is 5.73 Å². The molecule has 2 aliphatic heterocycles. The number of hydrazine groups is 1. The Bertz CT molecular complexity index is 1390. The number of primary amides is 1. The molecule has 12 heteroatoms. The average Bonchev–Trinajstić information content (AvgIpc) is 3.56. The molecule has 5 rings (SSSR count). The van der Waals surface area contributed by atoms with E-state index >= 15 is 0 Å². The van der Waals surface area contributed by atoms with E-state index in [1.807, 2.05) is 12.1 Å². The van der Waals surface area contributed by atoms with Crippen LogP contribution in [0.1, 0.15) is 19.3 Å². The van der Waals surface area contributed by atoms with Gasteiger partial charge in [0.15, 0.2) is 11.5 Å². The number of anilines is 2. The number of halogens is 1. The lowest BCUT2D eigenvalue weighted by molar-refractivity contribution is -0.118. The largest absolute Gasteiger partial charge is 0.493 e. The molecule has 0 saturated carbocycles. The maximum absolute atomic E-state index is 13.9. The van der Waals surface area contributed by atoms with Crippen LogP contribution in [0.4, 0.5) is 15.9 Å². The SMILES string of the molecule is COc1cc2c(NC3=CN(CC(N)=O)N(c4cccc(F)c4)C3)ncnc2cc1OCCCN1CCC[C@@H]1CO. The molecule has 4 N–H and O–H groups in total. The molecule has 1 saturated heterocycles. The summed E-state index contributed by atoms with van der Waals surface area (Å²) in [6.07, 6.45) is 6.19. The number of hydrogen-bond donors (Lipinski definition) is 3. The van der Waals surface area contributed by atoms with Crippen LogP contribution in [0.25, 0.3) is 10.9 Å². The molecule has 2 aliphatic rings. The van der Waals surface area contributed by atoms with Crippen molar-refractivity contribution < 1.29 is 23.8 Å². The van der Waals surface area contributed by atoms with Crippen molar-refractivity contribution in [1.82, 2.24) is 19.9 Å². The lowest BCUT2D eigenvalue weighted by Gasteiger charge is -2.29. The van der Waals surface area contributed by atoms with Gasteiger partial charge in [0.05, 0.1) is 43.8 Å². The number of nitrogens with two attached hydrogens (primary N) is 1. The summed E-state index contributed by atoms with van der Waals surface area (Å²) in [4.78, 5) is 22.9. The van der Waals surface area contributed by atoms with Crippen LogP contribution in [-0.4, -0.2) is 83.4 Å². The number of amides is 1. The van der Waals surface area contributed by atoms with Crippen molar-refractivity contribution in [3.05, 3.63) is 60.4 Å². The third-order valence-corrected chi connectivity index (χ3v) is 7.12. The number of carbonyl (C=O) groups excluding carboxylic acids is 1. The molecule has 3 aromatic rings. The number of methoxy groups -OCH3 is 1. The topological polar surface area (TPSA) is 129 Å². The van der Waals surface area contributed by atoms with E-state index in [1.54, 1.807) is 35.5 Å². The number of nitrogens with zero attached hydrogens (tertiary/aromatic N) is 5. The number of ether oxygens (including phenoxy) is 2. The lowest BCUT2D eigenvalue weighted by Crippen LogP contribution is -2.41. The Labute approximate surface area is 232 Å². The minimum absolute atomic E-state index is 0.0703. The number of nitrogens with one attached hydrogen (secondary N) is 1. The second-order valence-corrected chi connectivity index (χ2v) is 9.84. The molecule has 1 amide bonds. The van der Waals surface area contributed by atoms with Crippen molar-refractivity contribution in [3.8, 4) is 11.5 Å². The molecule has 1 aromatic heterocycles. The maximum atomic E-state index is 13.9. The van der Waals surface area contributed by atoms with Gasteiger partial charge in [0, 0.05) is 30.2 Å². The average molecular weight is 552 g/mol. The van der Waals surface area contributed by atoms with Crippen LogP contribution in [-0.2, 0) is 4.79 Å². The summed E-state index contributed by atoms with van der Waals surface area (Å²) >= 11 is 0. The van der Waals surface area contributed by atoms with Gasteiger partial charge < -0.3 is 25.6 Å². The number of fused-ring (bicyclic) bond motifs is 1. The van der Waals surface area contributed by atoms with Crippen LogP contribution >= 0.6 is 0 Å². The Morgan fingerprint density at radius 3 is 2.90 bits per heavy atom. The zero-order chi connectivity index (χ0) is 28.1. The first-order chi connectivity index (χ1) is 19.4. The number of carbonyl (C=O) groups is 1. The smallest absolute Gasteiger partial charge is 0.239 e. The fraction of sp³-hybridized carbons (Fsp3) is 0.393. The number of rotatable bonds is 12.